The minimum absolute atomic E-state index is 0.163. The van der Waals surface area contributed by atoms with Gasteiger partial charge in [-0.2, -0.15) is 0 Å². The highest BCUT2D eigenvalue weighted by Gasteiger charge is 2.36. The van der Waals surface area contributed by atoms with E-state index < -0.39 is 5.60 Å². The molecule has 0 aromatic heterocycles. The number of ether oxygens (including phenoxy) is 1. The molecular weight excluding hydrogens is 375 g/mol. The van der Waals surface area contributed by atoms with E-state index in [9.17, 15) is 9.90 Å². The van der Waals surface area contributed by atoms with E-state index in [1.807, 2.05) is 4.90 Å². The largest absolute Gasteiger partial charge is 0.491 e. The predicted octanol–water partition coefficient (Wildman–Crippen LogP) is 3.21. The highest BCUT2D eigenvalue weighted by molar-refractivity contribution is 6.42. The van der Waals surface area contributed by atoms with Crippen LogP contribution in [0.4, 0.5) is 0 Å². The first kappa shape index (κ1) is 19.7. The Kier molecular flexibility index (Phi) is 6.33. The maximum absolute atomic E-state index is 11.4. The molecule has 0 spiro atoms. The summed E-state index contributed by atoms with van der Waals surface area (Å²) in [5.74, 6) is 0.780. The standard InChI is InChI=1S/C19H26Cl2N2O3/c1-14(24)22-8-4-15(5-9-22)23-10-6-19(25,7-11-23)13-26-16-2-3-17(20)18(21)12-16/h2-3,12,15,25H,4-11,13H2,1H3. The Hall–Kier alpha value is -1.01. The first-order valence-electron chi connectivity index (χ1n) is 9.16. The van der Waals surface area contributed by atoms with E-state index in [1.165, 1.54) is 0 Å². The lowest BCUT2D eigenvalue weighted by Gasteiger charge is -2.44. The number of carbonyl (C=O) groups is 1. The molecule has 1 amide bonds. The van der Waals surface area contributed by atoms with Crippen LogP contribution < -0.4 is 4.74 Å². The molecular formula is C19H26Cl2N2O3. The second-order valence-corrected chi connectivity index (χ2v) is 8.18. The average Bonchev–Trinajstić information content (AvgIpc) is 2.63. The summed E-state index contributed by atoms with van der Waals surface area (Å²) in [6.07, 6.45) is 3.39. The van der Waals surface area contributed by atoms with E-state index >= 15 is 0 Å². The van der Waals surface area contributed by atoms with Crippen molar-refractivity contribution in [2.24, 2.45) is 0 Å². The van der Waals surface area contributed by atoms with E-state index in [4.69, 9.17) is 27.9 Å². The van der Waals surface area contributed by atoms with Crippen LogP contribution in [-0.4, -0.2) is 65.2 Å². The van der Waals surface area contributed by atoms with Crippen molar-refractivity contribution in [1.82, 2.24) is 9.80 Å². The number of benzene rings is 1. The molecule has 2 saturated heterocycles. The van der Waals surface area contributed by atoms with E-state index in [2.05, 4.69) is 4.90 Å². The first-order valence-corrected chi connectivity index (χ1v) is 9.92. The molecule has 1 aromatic rings. The van der Waals surface area contributed by atoms with Crippen LogP contribution in [0.3, 0.4) is 0 Å². The zero-order chi connectivity index (χ0) is 18.7. The molecule has 2 aliphatic heterocycles. The van der Waals surface area contributed by atoms with Crippen LogP contribution in [0.5, 0.6) is 5.75 Å². The highest BCUT2D eigenvalue weighted by atomic mass is 35.5. The molecule has 0 radical (unpaired) electrons. The summed E-state index contributed by atoms with van der Waals surface area (Å²) >= 11 is 11.9. The minimum atomic E-state index is -0.817. The molecule has 0 aliphatic carbocycles. The molecule has 1 N–H and O–H groups in total. The molecule has 2 heterocycles. The van der Waals surface area contributed by atoms with Gasteiger partial charge in [0.05, 0.1) is 10.0 Å². The monoisotopic (exact) mass is 400 g/mol. The Balaban J connectivity index is 1.46. The molecule has 0 atom stereocenters. The van der Waals surface area contributed by atoms with Gasteiger partial charge in [-0.05, 0) is 37.8 Å². The highest BCUT2D eigenvalue weighted by Crippen LogP contribution is 2.30. The summed E-state index contributed by atoms with van der Waals surface area (Å²) in [6.45, 7) is 5.26. The van der Waals surface area contributed by atoms with E-state index in [-0.39, 0.29) is 12.5 Å². The van der Waals surface area contributed by atoms with E-state index in [0.29, 0.717) is 34.7 Å². The first-order chi connectivity index (χ1) is 12.4. The third-order valence-corrected chi connectivity index (χ3v) is 6.29. The lowest BCUT2D eigenvalue weighted by atomic mass is 9.90. The topological polar surface area (TPSA) is 53.0 Å². The quantitative estimate of drug-likeness (QED) is 0.842. The Morgan fingerprint density at radius 2 is 1.85 bits per heavy atom. The van der Waals surface area contributed by atoms with Gasteiger partial charge in [-0.15, -0.1) is 0 Å². The zero-order valence-electron chi connectivity index (χ0n) is 15.1. The van der Waals surface area contributed by atoms with Crippen LogP contribution in [0, 0.1) is 0 Å². The zero-order valence-corrected chi connectivity index (χ0v) is 16.6. The number of likely N-dealkylation sites (tertiary alicyclic amines) is 2. The fraction of sp³-hybridized carbons (Fsp3) is 0.632. The smallest absolute Gasteiger partial charge is 0.219 e. The summed E-state index contributed by atoms with van der Waals surface area (Å²) < 4.78 is 5.75. The number of hydrogen-bond acceptors (Lipinski definition) is 4. The number of carbonyl (C=O) groups excluding carboxylic acids is 1. The molecule has 2 aliphatic rings. The summed E-state index contributed by atoms with van der Waals surface area (Å²) in [5.41, 5.74) is -0.817. The number of rotatable bonds is 4. The van der Waals surface area contributed by atoms with Gasteiger partial charge in [-0.1, -0.05) is 23.2 Å². The molecule has 1 aromatic carbocycles. The second kappa shape index (κ2) is 8.34. The Morgan fingerprint density at radius 3 is 2.42 bits per heavy atom. The number of amides is 1. The normalized spacial score (nSPS) is 21.6. The van der Waals surface area contributed by atoms with Gasteiger partial charge in [-0.25, -0.2) is 0 Å². The van der Waals surface area contributed by atoms with Crippen LogP contribution in [0.2, 0.25) is 10.0 Å². The van der Waals surface area contributed by atoms with Crippen LogP contribution in [0.25, 0.3) is 0 Å². The lowest BCUT2D eigenvalue weighted by molar-refractivity contribution is -0.130. The van der Waals surface area contributed by atoms with Crippen molar-refractivity contribution in [3.63, 3.8) is 0 Å². The Morgan fingerprint density at radius 1 is 1.19 bits per heavy atom. The maximum Gasteiger partial charge on any atom is 0.219 e. The van der Waals surface area contributed by atoms with Crippen molar-refractivity contribution < 1.29 is 14.6 Å². The molecule has 0 saturated carbocycles. The van der Waals surface area contributed by atoms with Crippen molar-refractivity contribution in [3.8, 4) is 5.75 Å². The number of piperidine rings is 2. The third kappa shape index (κ3) is 4.83. The van der Waals surface area contributed by atoms with Crippen molar-refractivity contribution in [1.29, 1.82) is 0 Å². The van der Waals surface area contributed by atoms with Gasteiger partial charge in [0, 0.05) is 45.2 Å². The van der Waals surface area contributed by atoms with Crippen molar-refractivity contribution in [2.75, 3.05) is 32.8 Å². The van der Waals surface area contributed by atoms with Gasteiger partial charge in [0.15, 0.2) is 0 Å². The van der Waals surface area contributed by atoms with Gasteiger partial charge in [0.2, 0.25) is 5.91 Å². The number of halogens is 2. The van der Waals surface area contributed by atoms with Crippen LogP contribution in [0.15, 0.2) is 18.2 Å². The van der Waals surface area contributed by atoms with Crippen LogP contribution in [0.1, 0.15) is 32.6 Å². The summed E-state index contributed by atoms with van der Waals surface area (Å²) in [7, 11) is 0. The van der Waals surface area contributed by atoms with Crippen LogP contribution >= 0.6 is 23.2 Å². The van der Waals surface area contributed by atoms with E-state index in [1.54, 1.807) is 25.1 Å². The van der Waals surface area contributed by atoms with Gasteiger partial charge in [-0.3, -0.25) is 4.79 Å². The summed E-state index contributed by atoms with van der Waals surface area (Å²) in [5, 5.41) is 11.8. The average molecular weight is 401 g/mol. The molecule has 7 heteroatoms. The minimum Gasteiger partial charge on any atom is -0.491 e. The fourth-order valence-corrected chi connectivity index (χ4v) is 4.07. The molecule has 2 fully saturated rings. The number of nitrogens with zero attached hydrogens (tertiary/aromatic N) is 2. The third-order valence-electron chi connectivity index (χ3n) is 5.55. The molecule has 3 rings (SSSR count). The molecule has 26 heavy (non-hydrogen) atoms. The summed E-state index contributed by atoms with van der Waals surface area (Å²) in [6, 6.07) is 5.63. The lowest BCUT2D eigenvalue weighted by Crippen LogP contribution is -2.53. The van der Waals surface area contributed by atoms with Gasteiger partial charge in [0.1, 0.15) is 18.0 Å². The van der Waals surface area contributed by atoms with Crippen molar-refractivity contribution in [3.05, 3.63) is 28.2 Å². The molecule has 5 nitrogen and oxygen atoms in total. The maximum atomic E-state index is 11.4. The molecule has 0 bridgehead atoms. The fourth-order valence-electron chi connectivity index (χ4n) is 3.78. The Bertz CT molecular complexity index is 640. The number of hydrogen-bond donors (Lipinski definition) is 1. The van der Waals surface area contributed by atoms with Gasteiger partial charge in [0.25, 0.3) is 0 Å². The van der Waals surface area contributed by atoms with E-state index in [0.717, 1.165) is 39.0 Å². The van der Waals surface area contributed by atoms with Crippen LogP contribution in [-0.2, 0) is 4.79 Å². The van der Waals surface area contributed by atoms with Crippen molar-refractivity contribution in [2.45, 2.75) is 44.2 Å². The second-order valence-electron chi connectivity index (χ2n) is 7.36. The van der Waals surface area contributed by atoms with Gasteiger partial charge < -0.3 is 19.6 Å². The predicted molar refractivity (Wildman–Crippen MR) is 103 cm³/mol. The number of aliphatic hydroxyl groups is 1. The molecule has 144 valence electrons. The molecule has 0 unspecified atom stereocenters. The summed E-state index contributed by atoms with van der Waals surface area (Å²) in [4.78, 5) is 15.8. The van der Waals surface area contributed by atoms with Crippen molar-refractivity contribution >= 4 is 29.1 Å². The Labute approximate surface area is 164 Å². The van der Waals surface area contributed by atoms with Gasteiger partial charge >= 0.3 is 0 Å². The SMILES string of the molecule is CC(=O)N1CCC(N2CCC(O)(COc3ccc(Cl)c(Cl)c3)CC2)CC1.